The third kappa shape index (κ3) is 3.67. The molecule has 0 amide bonds. The summed E-state index contributed by atoms with van der Waals surface area (Å²) in [5.74, 6) is -1.90. The van der Waals surface area contributed by atoms with Crippen molar-refractivity contribution in [1.29, 1.82) is 0 Å². The summed E-state index contributed by atoms with van der Waals surface area (Å²) < 4.78 is 54.3. The fourth-order valence-corrected chi connectivity index (χ4v) is 1.63. The van der Waals surface area contributed by atoms with Crippen LogP contribution in [0.3, 0.4) is 0 Å². The highest BCUT2D eigenvalue weighted by atomic mass is 19.3. The normalized spacial score (nSPS) is 10.8. The molecule has 0 aliphatic rings. The van der Waals surface area contributed by atoms with Gasteiger partial charge in [-0.25, -0.2) is 8.78 Å². The van der Waals surface area contributed by atoms with E-state index < -0.39 is 24.0 Å². The zero-order valence-electron chi connectivity index (χ0n) is 9.62. The summed E-state index contributed by atoms with van der Waals surface area (Å²) >= 11 is 0. The van der Waals surface area contributed by atoms with Gasteiger partial charge < -0.3 is 4.74 Å². The molecule has 0 unspecified atom stereocenters. The van der Waals surface area contributed by atoms with Gasteiger partial charge >= 0.3 is 6.61 Å². The van der Waals surface area contributed by atoms with E-state index in [0.717, 1.165) is 18.3 Å². The first kappa shape index (κ1) is 13.3. The van der Waals surface area contributed by atoms with Crippen molar-refractivity contribution in [2.75, 3.05) is 0 Å². The van der Waals surface area contributed by atoms with Gasteiger partial charge in [0, 0.05) is 6.20 Å². The summed E-state index contributed by atoms with van der Waals surface area (Å²) in [6, 6.07) is 4.87. The lowest BCUT2D eigenvalue weighted by molar-refractivity contribution is -0.0522. The maximum Gasteiger partial charge on any atom is 0.387 e. The summed E-state index contributed by atoms with van der Waals surface area (Å²) in [7, 11) is 0. The van der Waals surface area contributed by atoms with Crippen LogP contribution in [0.25, 0.3) is 0 Å². The number of halogens is 4. The predicted octanol–water partition coefficient (Wildman–Crippen LogP) is 3.55. The molecular formula is C13H9F4NO. The smallest absolute Gasteiger partial charge is 0.387 e. The summed E-state index contributed by atoms with van der Waals surface area (Å²) in [6.07, 6.45) is 2.74. The number of aromatic nitrogens is 1. The first-order valence-electron chi connectivity index (χ1n) is 5.37. The molecule has 1 aromatic heterocycles. The van der Waals surface area contributed by atoms with Crippen LogP contribution in [0, 0.1) is 11.6 Å². The van der Waals surface area contributed by atoms with Gasteiger partial charge in [0.05, 0.1) is 6.20 Å². The number of benzene rings is 1. The van der Waals surface area contributed by atoms with E-state index in [0.29, 0.717) is 11.1 Å². The van der Waals surface area contributed by atoms with Gasteiger partial charge in [-0.05, 0) is 35.7 Å². The molecule has 19 heavy (non-hydrogen) atoms. The Morgan fingerprint density at radius 3 is 2.53 bits per heavy atom. The molecule has 0 radical (unpaired) electrons. The Labute approximate surface area is 106 Å². The zero-order chi connectivity index (χ0) is 13.8. The molecule has 0 aliphatic heterocycles. The van der Waals surface area contributed by atoms with Crippen molar-refractivity contribution in [1.82, 2.24) is 4.98 Å². The molecule has 0 atom stereocenters. The quantitative estimate of drug-likeness (QED) is 0.793. The Morgan fingerprint density at radius 2 is 1.84 bits per heavy atom. The topological polar surface area (TPSA) is 22.1 Å². The van der Waals surface area contributed by atoms with E-state index in [1.807, 2.05) is 0 Å². The maximum atomic E-state index is 13.2. The van der Waals surface area contributed by atoms with E-state index in [9.17, 15) is 17.6 Å². The van der Waals surface area contributed by atoms with Gasteiger partial charge in [-0.15, -0.1) is 0 Å². The third-order valence-electron chi connectivity index (χ3n) is 2.38. The van der Waals surface area contributed by atoms with Crippen molar-refractivity contribution in [3.8, 4) is 5.75 Å². The summed E-state index contributed by atoms with van der Waals surface area (Å²) in [5.41, 5.74) is 1.07. The summed E-state index contributed by atoms with van der Waals surface area (Å²) in [6.45, 7) is -3.10. The third-order valence-corrected chi connectivity index (χ3v) is 2.38. The highest BCUT2D eigenvalue weighted by Gasteiger charge is 2.11. The molecule has 0 saturated heterocycles. The number of ether oxygens (including phenoxy) is 1. The second kappa shape index (κ2) is 5.69. The Morgan fingerprint density at radius 1 is 1.05 bits per heavy atom. The first-order valence-corrected chi connectivity index (χ1v) is 5.37. The van der Waals surface area contributed by atoms with Crippen molar-refractivity contribution < 1.29 is 22.3 Å². The number of rotatable bonds is 4. The fraction of sp³-hybridized carbons (Fsp3) is 0.154. The summed E-state index contributed by atoms with van der Waals surface area (Å²) in [4.78, 5) is 3.67. The first-order chi connectivity index (χ1) is 9.04. The van der Waals surface area contributed by atoms with Crippen LogP contribution in [0.2, 0.25) is 0 Å². The van der Waals surface area contributed by atoms with E-state index in [4.69, 9.17) is 0 Å². The SMILES string of the molecule is Fc1cncc(Cc2ccc(F)c(OC(F)F)c2)c1. The maximum absolute atomic E-state index is 13.2. The molecule has 0 saturated carbocycles. The van der Waals surface area contributed by atoms with Crippen molar-refractivity contribution in [3.63, 3.8) is 0 Å². The fourth-order valence-electron chi connectivity index (χ4n) is 1.63. The van der Waals surface area contributed by atoms with Gasteiger partial charge in [0.2, 0.25) is 0 Å². The monoisotopic (exact) mass is 271 g/mol. The molecule has 0 spiro atoms. The van der Waals surface area contributed by atoms with E-state index in [1.165, 1.54) is 18.3 Å². The highest BCUT2D eigenvalue weighted by Crippen LogP contribution is 2.22. The number of hydrogen-bond donors (Lipinski definition) is 0. The van der Waals surface area contributed by atoms with Gasteiger partial charge in [0.25, 0.3) is 0 Å². The Kier molecular flexibility index (Phi) is 3.99. The molecule has 2 aromatic rings. The standard InChI is InChI=1S/C13H9F4NO/c14-10-4-9(6-18-7-10)3-8-1-2-11(15)12(5-8)19-13(16)17/h1-2,4-7,13H,3H2. The Bertz CT molecular complexity index is 574. The molecule has 0 aliphatic carbocycles. The Balaban J connectivity index is 2.21. The van der Waals surface area contributed by atoms with Crippen LogP contribution < -0.4 is 4.74 Å². The largest absolute Gasteiger partial charge is 0.432 e. The van der Waals surface area contributed by atoms with Gasteiger partial charge in [-0.3, -0.25) is 4.98 Å². The minimum atomic E-state index is -3.10. The average Bonchev–Trinajstić information content (AvgIpc) is 2.33. The zero-order valence-corrected chi connectivity index (χ0v) is 9.62. The molecule has 2 rings (SSSR count). The molecule has 1 aromatic carbocycles. The van der Waals surface area contributed by atoms with Crippen molar-refractivity contribution in [2.24, 2.45) is 0 Å². The van der Waals surface area contributed by atoms with E-state index in [2.05, 4.69) is 9.72 Å². The van der Waals surface area contributed by atoms with Crippen molar-refractivity contribution in [3.05, 3.63) is 59.4 Å². The van der Waals surface area contributed by atoms with Gasteiger partial charge in [-0.1, -0.05) is 6.07 Å². The Hall–Kier alpha value is -2.11. The van der Waals surface area contributed by atoms with Crippen molar-refractivity contribution in [2.45, 2.75) is 13.0 Å². The second-order valence-corrected chi connectivity index (χ2v) is 3.83. The lowest BCUT2D eigenvalue weighted by atomic mass is 10.1. The molecular weight excluding hydrogens is 262 g/mol. The van der Waals surface area contributed by atoms with Crippen molar-refractivity contribution >= 4 is 0 Å². The number of pyridine rings is 1. The molecule has 0 N–H and O–H groups in total. The van der Waals surface area contributed by atoms with Gasteiger partial charge in [0.15, 0.2) is 11.6 Å². The van der Waals surface area contributed by atoms with Crippen LogP contribution in [0.1, 0.15) is 11.1 Å². The van der Waals surface area contributed by atoms with Crippen LogP contribution in [0.5, 0.6) is 5.75 Å². The predicted molar refractivity (Wildman–Crippen MR) is 60.0 cm³/mol. The summed E-state index contributed by atoms with van der Waals surface area (Å²) in [5, 5.41) is 0. The molecule has 6 heteroatoms. The second-order valence-electron chi connectivity index (χ2n) is 3.83. The number of nitrogens with zero attached hydrogens (tertiary/aromatic N) is 1. The van der Waals surface area contributed by atoms with E-state index in [1.54, 1.807) is 0 Å². The number of hydrogen-bond acceptors (Lipinski definition) is 2. The van der Waals surface area contributed by atoms with E-state index >= 15 is 0 Å². The van der Waals surface area contributed by atoms with Crippen LogP contribution in [-0.2, 0) is 6.42 Å². The molecule has 1 heterocycles. The van der Waals surface area contributed by atoms with Gasteiger partial charge in [-0.2, -0.15) is 8.78 Å². The molecule has 100 valence electrons. The molecule has 0 fully saturated rings. The minimum Gasteiger partial charge on any atom is -0.432 e. The lowest BCUT2D eigenvalue weighted by Gasteiger charge is -2.08. The highest BCUT2D eigenvalue weighted by molar-refractivity contribution is 5.33. The molecule has 0 bridgehead atoms. The average molecular weight is 271 g/mol. The van der Waals surface area contributed by atoms with Gasteiger partial charge in [0.1, 0.15) is 5.82 Å². The number of alkyl halides is 2. The van der Waals surface area contributed by atoms with Crippen LogP contribution in [0.4, 0.5) is 17.6 Å². The van der Waals surface area contributed by atoms with Crippen LogP contribution >= 0.6 is 0 Å². The van der Waals surface area contributed by atoms with E-state index in [-0.39, 0.29) is 6.42 Å². The minimum absolute atomic E-state index is 0.241. The molecule has 2 nitrogen and oxygen atoms in total. The van der Waals surface area contributed by atoms with Crippen LogP contribution in [0.15, 0.2) is 36.7 Å². The lowest BCUT2D eigenvalue weighted by Crippen LogP contribution is -2.04. The van der Waals surface area contributed by atoms with Crippen LogP contribution in [-0.4, -0.2) is 11.6 Å².